The fourth-order valence-electron chi connectivity index (χ4n) is 7.42. The molecule has 0 radical (unpaired) electrons. The second-order valence-electron chi connectivity index (χ2n) is 12.5. The molecular weight excluding hydrogens is 599 g/mol. The molecule has 0 unspecified atom stereocenters. The van der Waals surface area contributed by atoms with Gasteiger partial charge in [-0.15, -0.1) is 0 Å². The van der Waals surface area contributed by atoms with Gasteiger partial charge < -0.3 is 14.1 Å². The fraction of sp³-hybridized carbons (Fsp3) is 0. The minimum Gasteiger partial charge on any atom is -0.456 e. The number of hydrogen-bond donors (Lipinski definition) is 0. The Morgan fingerprint density at radius 1 is 0.408 bits per heavy atom. The molecule has 0 spiro atoms. The number of ether oxygens (including phenoxy) is 1. The third kappa shape index (κ3) is 4.44. The van der Waals surface area contributed by atoms with Gasteiger partial charge in [-0.3, -0.25) is 0 Å². The normalized spacial score (nSPS) is 11.8. The first-order chi connectivity index (χ1) is 24.3. The van der Waals surface area contributed by atoms with Gasteiger partial charge >= 0.3 is 0 Å². The number of rotatable bonds is 4. The van der Waals surface area contributed by atoms with Gasteiger partial charge in [0.1, 0.15) is 17.1 Å². The number of nitrogens with zero attached hydrogens (tertiary/aromatic N) is 1. The van der Waals surface area contributed by atoms with Gasteiger partial charge in [-0.25, -0.2) is 0 Å². The molecule has 0 saturated carbocycles. The maximum Gasteiger partial charge on any atom is 0.159 e. The number of fused-ring (bicyclic) bond motifs is 10. The first-order valence-corrected chi connectivity index (χ1v) is 16.6. The zero-order valence-electron chi connectivity index (χ0n) is 26.5. The van der Waals surface area contributed by atoms with Gasteiger partial charge in [-0.2, -0.15) is 0 Å². The first kappa shape index (κ1) is 27.5. The SMILES string of the molecule is c1ccc(-c2cccc(N(c3ccc4c(c3)-c3ccccc3-c3c(ccc5ccccc35)O4)c3cccc4c3oc3ccccc34)c2)cc1. The van der Waals surface area contributed by atoms with E-state index in [1.807, 2.05) is 12.1 Å². The lowest BCUT2D eigenvalue weighted by Gasteiger charge is -2.27. The lowest BCUT2D eigenvalue weighted by Crippen LogP contribution is -2.10. The van der Waals surface area contributed by atoms with Crippen molar-refractivity contribution in [2.45, 2.75) is 0 Å². The summed E-state index contributed by atoms with van der Waals surface area (Å²) in [5.41, 5.74) is 11.5. The number of furan rings is 1. The van der Waals surface area contributed by atoms with Crippen LogP contribution in [0.25, 0.3) is 66.1 Å². The van der Waals surface area contributed by atoms with E-state index in [9.17, 15) is 0 Å². The molecule has 0 amide bonds. The van der Waals surface area contributed by atoms with Gasteiger partial charge in [0.2, 0.25) is 0 Å². The summed E-state index contributed by atoms with van der Waals surface area (Å²) in [4.78, 5) is 2.31. The number of para-hydroxylation sites is 2. The third-order valence-corrected chi connectivity index (χ3v) is 9.65. The van der Waals surface area contributed by atoms with Crippen LogP contribution in [0.4, 0.5) is 17.1 Å². The van der Waals surface area contributed by atoms with Crippen LogP contribution in [0.1, 0.15) is 0 Å². The molecule has 10 rings (SSSR count). The summed E-state index contributed by atoms with van der Waals surface area (Å²) in [5, 5.41) is 4.56. The van der Waals surface area contributed by atoms with Crippen molar-refractivity contribution in [3.05, 3.63) is 176 Å². The Balaban J connectivity index is 1.22. The van der Waals surface area contributed by atoms with Crippen LogP contribution in [0.3, 0.4) is 0 Å². The van der Waals surface area contributed by atoms with Gasteiger partial charge in [0.15, 0.2) is 5.58 Å². The van der Waals surface area contributed by atoms with E-state index in [4.69, 9.17) is 9.15 Å². The molecule has 0 N–H and O–H groups in total. The van der Waals surface area contributed by atoms with Crippen molar-refractivity contribution in [2.24, 2.45) is 0 Å². The molecule has 3 heteroatoms. The van der Waals surface area contributed by atoms with Crippen molar-refractivity contribution in [3.63, 3.8) is 0 Å². The molecule has 1 aliphatic heterocycles. The average molecular weight is 628 g/mol. The Kier molecular flexibility index (Phi) is 6.18. The summed E-state index contributed by atoms with van der Waals surface area (Å²) < 4.78 is 13.4. The monoisotopic (exact) mass is 627 g/mol. The minimum absolute atomic E-state index is 0.824. The summed E-state index contributed by atoms with van der Waals surface area (Å²) in [6, 6.07) is 61.9. The predicted octanol–water partition coefficient (Wildman–Crippen LogP) is 13.3. The predicted molar refractivity (Wildman–Crippen MR) is 202 cm³/mol. The van der Waals surface area contributed by atoms with E-state index in [2.05, 4.69) is 169 Å². The molecule has 0 aliphatic carbocycles. The largest absolute Gasteiger partial charge is 0.456 e. The second kappa shape index (κ2) is 11.0. The highest BCUT2D eigenvalue weighted by molar-refractivity contribution is 6.11. The number of benzene rings is 8. The van der Waals surface area contributed by atoms with E-state index in [1.54, 1.807) is 0 Å². The molecule has 1 aromatic heterocycles. The van der Waals surface area contributed by atoms with Crippen LogP contribution < -0.4 is 9.64 Å². The van der Waals surface area contributed by atoms with Crippen LogP contribution in [0.15, 0.2) is 180 Å². The van der Waals surface area contributed by atoms with Crippen molar-refractivity contribution in [1.29, 1.82) is 0 Å². The van der Waals surface area contributed by atoms with Gasteiger partial charge in [0.05, 0.1) is 5.69 Å². The van der Waals surface area contributed by atoms with Crippen LogP contribution in [0, 0.1) is 0 Å². The van der Waals surface area contributed by atoms with Crippen molar-refractivity contribution in [1.82, 2.24) is 0 Å². The number of hydrogen-bond acceptors (Lipinski definition) is 3. The minimum atomic E-state index is 0.824. The third-order valence-electron chi connectivity index (χ3n) is 9.65. The van der Waals surface area contributed by atoms with Crippen LogP contribution >= 0.6 is 0 Å². The Morgan fingerprint density at radius 2 is 1.10 bits per heavy atom. The summed E-state index contributed by atoms with van der Waals surface area (Å²) in [6.45, 7) is 0. The maximum atomic E-state index is 6.79. The van der Waals surface area contributed by atoms with Gasteiger partial charge in [0.25, 0.3) is 0 Å². The highest BCUT2D eigenvalue weighted by Crippen LogP contribution is 2.51. The molecule has 3 nitrogen and oxygen atoms in total. The van der Waals surface area contributed by atoms with E-state index in [-0.39, 0.29) is 0 Å². The smallest absolute Gasteiger partial charge is 0.159 e. The number of anilines is 3. The van der Waals surface area contributed by atoms with Crippen LogP contribution in [-0.4, -0.2) is 0 Å². The van der Waals surface area contributed by atoms with Crippen LogP contribution in [0.2, 0.25) is 0 Å². The quantitative estimate of drug-likeness (QED) is 0.194. The highest BCUT2D eigenvalue weighted by atomic mass is 16.5. The summed E-state index contributed by atoms with van der Waals surface area (Å²) in [7, 11) is 0. The van der Waals surface area contributed by atoms with Crippen LogP contribution in [-0.2, 0) is 0 Å². The summed E-state index contributed by atoms with van der Waals surface area (Å²) in [6.07, 6.45) is 0. The zero-order chi connectivity index (χ0) is 32.3. The van der Waals surface area contributed by atoms with Crippen molar-refractivity contribution in [2.75, 3.05) is 4.90 Å². The molecule has 0 atom stereocenters. The Labute approximate surface area is 283 Å². The topological polar surface area (TPSA) is 25.6 Å². The van der Waals surface area contributed by atoms with Gasteiger partial charge in [-0.1, -0.05) is 127 Å². The second-order valence-corrected chi connectivity index (χ2v) is 12.5. The van der Waals surface area contributed by atoms with E-state index >= 15 is 0 Å². The molecule has 1 aliphatic rings. The molecule has 0 fully saturated rings. The van der Waals surface area contributed by atoms with Gasteiger partial charge in [0, 0.05) is 33.3 Å². The lowest BCUT2D eigenvalue weighted by molar-refractivity contribution is 0.488. The zero-order valence-corrected chi connectivity index (χ0v) is 26.5. The van der Waals surface area contributed by atoms with Crippen LogP contribution in [0.5, 0.6) is 11.5 Å². The first-order valence-electron chi connectivity index (χ1n) is 16.6. The maximum absolute atomic E-state index is 6.79. The van der Waals surface area contributed by atoms with Crippen molar-refractivity contribution < 1.29 is 9.15 Å². The Bertz CT molecular complexity index is 2710. The Hall–Kier alpha value is -6.58. The molecule has 0 bridgehead atoms. The summed E-state index contributed by atoms with van der Waals surface area (Å²) >= 11 is 0. The molecule has 9 aromatic rings. The summed E-state index contributed by atoms with van der Waals surface area (Å²) in [5.74, 6) is 1.68. The van der Waals surface area contributed by atoms with Gasteiger partial charge in [-0.05, 0) is 81.6 Å². The molecule has 8 aromatic carbocycles. The fourth-order valence-corrected chi connectivity index (χ4v) is 7.42. The Morgan fingerprint density at radius 3 is 2.02 bits per heavy atom. The van der Waals surface area contributed by atoms with E-state index in [0.717, 1.165) is 78.3 Å². The van der Waals surface area contributed by atoms with Crippen molar-refractivity contribution >= 4 is 49.8 Å². The van der Waals surface area contributed by atoms with Crippen molar-refractivity contribution in [3.8, 4) is 44.9 Å². The highest BCUT2D eigenvalue weighted by Gasteiger charge is 2.25. The molecular formula is C46H29NO2. The van der Waals surface area contributed by atoms with E-state index in [1.165, 1.54) is 16.3 Å². The van der Waals surface area contributed by atoms with E-state index in [0.29, 0.717) is 0 Å². The lowest BCUT2D eigenvalue weighted by atomic mass is 9.91. The molecule has 2 heterocycles. The molecule has 230 valence electrons. The molecule has 49 heavy (non-hydrogen) atoms. The van der Waals surface area contributed by atoms with E-state index < -0.39 is 0 Å². The average Bonchev–Trinajstić information content (AvgIpc) is 3.48. The standard InChI is InChI=1S/C46H29NO2/c1-2-12-30(13-3-1)32-15-10-16-33(28-32)47(41-22-11-21-39-37-19-8-9-23-42(37)49-46(39)41)34-25-27-43-40(29-34)36-18-6-7-20-38(36)45-35-17-5-4-14-31(35)24-26-44(45)48-43/h1-29H. The molecule has 0 saturated heterocycles.